The van der Waals surface area contributed by atoms with Crippen molar-refractivity contribution < 1.29 is 66.5 Å². The molecule has 7 rings (SSSR count). The van der Waals surface area contributed by atoms with Gasteiger partial charge in [0, 0.05) is 141 Å². The number of carbonyl (C=O) groups excluding carboxylic acids is 4. The van der Waals surface area contributed by atoms with Crippen LogP contribution in [0.1, 0.15) is 268 Å². The maximum Gasteiger partial charge on any atom is 0.412 e. The Morgan fingerprint density at radius 1 is 0.284 bits per heavy atom. The molecule has 0 aromatic heterocycles. The number of unbranched alkanes of at least 4 members (excludes halogenated alkanes) is 16. The zero-order valence-corrected chi connectivity index (χ0v) is 71.4. The Kier molecular flexibility index (Phi) is 40.3. The topological polar surface area (TPSA) is 233 Å². The van der Waals surface area contributed by atoms with Crippen molar-refractivity contribution in [1.29, 1.82) is 0 Å². The Labute approximate surface area is 692 Å². The van der Waals surface area contributed by atoms with Gasteiger partial charge in [-0.1, -0.05) is 103 Å². The van der Waals surface area contributed by atoms with Crippen LogP contribution in [0.5, 0.6) is 46.0 Å². The predicted octanol–water partition coefficient (Wildman–Crippen LogP) is 25.6. The lowest BCUT2D eigenvalue weighted by Crippen LogP contribution is -2.27. The maximum atomic E-state index is 15.1. The van der Waals surface area contributed by atoms with Gasteiger partial charge in [0.15, 0.2) is 0 Å². The van der Waals surface area contributed by atoms with E-state index in [4.69, 9.17) is 47.4 Å². The molecule has 20 heteroatoms. The monoisotopic (exact) mass is 1590 g/mol. The van der Waals surface area contributed by atoms with E-state index in [0.717, 1.165) is 154 Å². The van der Waals surface area contributed by atoms with Crippen molar-refractivity contribution in [2.45, 2.75) is 260 Å². The largest absolute Gasteiger partial charge is 0.493 e. The first kappa shape index (κ1) is 92.9. The summed E-state index contributed by atoms with van der Waals surface area (Å²) < 4.78 is 66.0. The molecule has 0 saturated carbocycles. The molecule has 0 aliphatic heterocycles. The van der Waals surface area contributed by atoms with E-state index in [1.807, 2.05) is 127 Å². The molecule has 0 fully saturated rings. The first-order valence-corrected chi connectivity index (χ1v) is 42.6. The summed E-state index contributed by atoms with van der Waals surface area (Å²) in [5.41, 5.74) is 6.49. The fourth-order valence-electron chi connectivity index (χ4n) is 13.4. The van der Waals surface area contributed by atoms with E-state index < -0.39 is 35.5 Å². The van der Waals surface area contributed by atoms with Crippen LogP contribution in [-0.4, -0.2) is 88.3 Å². The first-order chi connectivity index (χ1) is 56.0. The van der Waals surface area contributed by atoms with Gasteiger partial charge in [0.2, 0.25) is 0 Å². The summed E-state index contributed by atoms with van der Waals surface area (Å²) in [5.74, 6) is 4.47. The van der Waals surface area contributed by atoms with Crippen LogP contribution in [0, 0.1) is 0 Å². The van der Waals surface area contributed by atoms with Gasteiger partial charge in [-0.2, -0.15) is 0 Å². The average molecular weight is 1600 g/mol. The Balaban J connectivity index is 1.55. The quantitative estimate of drug-likeness (QED) is 0.0154. The predicted molar refractivity (Wildman–Crippen MR) is 473 cm³/mol. The molecule has 1 aliphatic carbocycles. The third-order valence-electron chi connectivity index (χ3n) is 18.8. The second kappa shape index (κ2) is 50.3. The molecule has 0 atom stereocenters. The van der Waals surface area contributed by atoms with Gasteiger partial charge in [0.25, 0.3) is 0 Å². The average Bonchev–Trinajstić information content (AvgIpc) is 0.770. The molecular formula is C96H134N6O14. The van der Waals surface area contributed by atoms with Gasteiger partial charge in [-0.25, -0.2) is 19.2 Å². The van der Waals surface area contributed by atoms with Crippen LogP contribution in [0.15, 0.2) is 136 Å². The number of hydrogen-bond donors (Lipinski definition) is 6. The Bertz CT molecular complexity index is 3790. The summed E-state index contributed by atoms with van der Waals surface area (Å²) in [7, 11) is 0. The fraction of sp³-hybridized carbons (Fsp3) is 0.500. The van der Waals surface area contributed by atoms with Gasteiger partial charge in [-0.3, -0.25) is 10.6 Å². The van der Waals surface area contributed by atoms with Crippen molar-refractivity contribution >= 4 is 58.4 Å². The molecule has 6 amide bonds. The molecule has 116 heavy (non-hydrogen) atoms. The number of allylic oxidation sites excluding steroid dienone is 4. The summed E-state index contributed by atoms with van der Waals surface area (Å²) in [5, 5.41) is 19.0. The smallest absolute Gasteiger partial charge is 0.412 e. The minimum atomic E-state index is -0.839. The Morgan fingerprint density at radius 3 is 0.690 bits per heavy atom. The van der Waals surface area contributed by atoms with Crippen LogP contribution in [0.2, 0.25) is 0 Å². The summed E-state index contributed by atoms with van der Waals surface area (Å²) in [6.45, 7) is 38.3. The second-order valence-corrected chi connectivity index (χ2v) is 31.8. The summed E-state index contributed by atoms with van der Waals surface area (Å²) >= 11 is 0. The lowest BCUT2D eigenvalue weighted by atomic mass is 9.90. The summed E-state index contributed by atoms with van der Waals surface area (Å²) in [6, 6.07) is 25.2. The molecule has 6 aromatic rings. The highest BCUT2D eigenvalue weighted by molar-refractivity contribution is 6.01. The first-order valence-electron chi connectivity index (χ1n) is 42.6. The zero-order chi connectivity index (χ0) is 83.5. The molecule has 0 spiro atoms. The van der Waals surface area contributed by atoms with Crippen LogP contribution in [0.4, 0.5) is 53.3 Å². The summed E-state index contributed by atoms with van der Waals surface area (Å²) in [6.07, 6.45) is 27.6. The van der Waals surface area contributed by atoms with E-state index in [-0.39, 0.29) is 25.7 Å². The standard InChI is InChI=1S/C96H134N6O14/c1-15-23-31-39-43-107-83-63-81(64-84(67-83)108-44-40-32-24-16-2)99-91(103)97-77-55-69-51-70-56-78(98-92(104)100-82-65-85(109-45-41-33-25-17-3)68-86(66-82)110-46-42-34-26-18-4)58-72(88(70)112-48-36-28-20-6)53-74-60-80(102-94(106)116-96(12,13)14)62-76(90(74)114-50-38-30-22-8)54-75-61-79(101-93(105)115-95(9,10)11)59-73(89(75)113-49-37-29-21-7)52-71(57-77)87(69)111-47-35-27-19-5/h15-18,55-68H,1-4,19-54H2,5-14H3,(H,101,105)(H,102,106)(H2,97,99,103)(H2,98,100,104). The molecular weight excluding hydrogens is 1460 g/mol. The van der Waals surface area contributed by atoms with Crippen molar-refractivity contribution in [2.24, 2.45) is 0 Å². The molecule has 6 aromatic carbocycles. The van der Waals surface area contributed by atoms with E-state index in [0.29, 0.717) is 177 Å². The fourth-order valence-corrected chi connectivity index (χ4v) is 13.4. The molecule has 20 nitrogen and oxygen atoms in total. The molecule has 8 bridgehead atoms. The van der Waals surface area contributed by atoms with Crippen molar-refractivity contribution in [3.63, 3.8) is 0 Å². The molecule has 1 aliphatic rings. The van der Waals surface area contributed by atoms with Crippen LogP contribution in [-0.2, 0) is 35.2 Å². The minimum Gasteiger partial charge on any atom is -0.493 e. The van der Waals surface area contributed by atoms with Gasteiger partial charge >= 0.3 is 24.2 Å². The SMILES string of the molecule is C=CCCCCOc1cc(NC(=O)Nc2cc3c(OCCCCC)c(c2)Cc2cc(NC(=O)OC(C)(C)C)cc(c2OCCCCC)Cc2cc(NC(=O)OC(C)(C)C)cc(c2OCCCCC)Cc2cc(NC(=O)Nc4cc(OCCCCC=C)cc(OCCCCC=C)c4)cc(c2OCCCCC)C3)cc(OCCCCC=C)c1. The normalized spacial score (nSPS) is 11.7. The van der Waals surface area contributed by atoms with E-state index in [1.165, 1.54) is 0 Å². The number of fused-ring (bicyclic) bond motifs is 8. The molecule has 0 saturated heterocycles. The van der Waals surface area contributed by atoms with Gasteiger partial charge in [-0.15, -0.1) is 26.3 Å². The van der Waals surface area contributed by atoms with E-state index in [2.05, 4.69) is 85.9 Å². The minimum absolute atomic E-state index is 0.136. The van der Waals surface area contributed by atoms with E-state index in [9.17, 15) is 9.59 Å². The van der Waals surface area contributed by atoms with Crippen LogP contribution in [0.25, 0.3) is 0 Å². The van der Waals surface area contributed by atoms with E-state index >= 15 is 9.59 Å². The molecule has 6 N–H and O–H groups in total. The molecule has 0 radical (unpaired) electrons. The highest BCUT2D eigenvalue weighted by atomic mass is 16.6. The number of carbonyl (C=O) groups is 4. The number of rotatable bonds is 50. The van der Waals surface area contributed by atoms with Crippen LogP contribution >= 0.6 is 0 Å². The van der Waals surface area contributed by atoms with Crippen molar-refractivity contribution in [1.82, 2.24) is 0 Å². The highest BCUT2D eigenvalue weighted by Crippen LogP contribution is 2.44. The Hall–Kier alpha value is -10.2. The maximum absolute atomic E-state index is 15.1. The second-order valence-electron chi connectivity index (χ2n) is 31.8. The van der Waals surface area contributed by atoms with E-state index in [1.54, 1.807) is 24.3 Å². The van der Waals surface area contributed by atoms with Crippen molar-refractivity contribution in [3.8, 4) is 46.0 Å². The number of hydrogen-bond acceptors (Lipinski definition) is 14. The number of nitrogens with one attached hydrogen (secondary N) is 6. The third-order valence-corrected chi connectivity index (χ3v) is 18.8. The molecule has 0 unspecified atom stereocenters. The van der Waals surface area contributed by atoms with Crippen LogP contribution in [0.3, 0.4) is 0 Å². The number of urea groups is 2. The molecule has 632 valence electrons. The van der Waals surface area contributed by atoms with Gasteiger partial charge in [0.05, 0.1) is 52.9 Å². The highest BCUT2D eigenvalue weighted by Gasteiger charge is 2.28. The van der Waals surface area contributed by atoms with Crippen molar-refractivity contribution in [2.75, 3.05) is 84.8 Å². The number of ether oxygens (including phenoxy) is 10. The lowest BCUT2D eigenvalue weighted by molar-refractivity contribution is 0.0624. The van der Waals surface area contributed by atoms with Crippen LogP contribution < -0.4 is 69.8 Å². The Morgan fingerprint density at radius 2 is 0.483 bits per heavy atom. The van der Waals surface area contributed by atoms with Gasteiger partial charge in [0.1, 0.15) is 57.2 Å². The molecule has 0 heterocycles. The van der Waals surface area contributed by atoms with Crippen molar-refractivity contribution in [3.05, 3.63) is 180 Å². The third kappa shape index (κ3) is 33.9. The van der Waals surface area contributed by atoms with Gasteiger partial charge in [-0.05, 0) is 193 Å². The lowest BCUT2D eigenvalue weighted by Gasteiger charge is -2.25. The number of anilines is 6. The zero-order valence-electron chi connectivity index (χ0n) is 71.4. The number of amides is 6. The number of benzene rings is 6. The summed E-state index contributed by atoms with van der Waals surface area (Å²) in [4.78, 5) is 58.7. The van der Waals surface area contributed by atoms with Gasteiger partial charge < -0.3 is 68.6 Å².